The van der Waals surface area contributed by atoms with Crippen molar-refractivity contribution < 1.29 is 19.4 Å². The summed E-state index contributed by atoms with van der Waals surface area (Å²) in [6.45, 7) is 3.02. The topological polar surface area (TPSA) is 66.8 Å². The van der Waals surface area contributed by atoms with Gasteiger partial charge in [0.1, 0.15) is 5.75 Å². The summed E-state index contributed by atoms with van der Waals surface area (Å²) < 4.78 is 5.55. The maximum absolute atomic E-state index is 11.8. The molecule has 1 N–H and O–H groups in total. The van der Waals surface area contributed by atoms with Gasteiger partial charge in [-0.3, -0.25) is 9.59 Å². The number of anilines is 1. The van der Waals surface area contributed by atoms with Gasteiger partial charge in [0.15, 0.2) is 0 Å². The number of carbonyl (C=O) groups excluding carboxylic acids is 1. The number of benzene rings is 1. The van der Waals surface area contributed by atoms with Crippen molar-refractivity contribution in [2.24, 2.45) is 5.92 Å². The van der Waals surface area contributed by atoms with E-state index in [1.54, 1.807) is 12.1 Å². The third-order valence-corrected chi connectivity index (χ3v) is 3.39. The van der Waals surface area contributed by atoms with Gasteiger partial charge in [0.25, 0.3) is 0 Å². The van der Waals surface area contributed by atoms with E-state index >= 15 is 0 Å². The monoisotopic (exact) mass is 277 g/mol. The van der Waals surface area contributed by atoms with Crippen LogP contribution in [0.4, 0.5) is 5.69 Å². The van der Waals surface area contributed by atoms with Gasteiger partial charge in [-0.25, -0.2) is 0 Å². The highest BCUT2D eigenvalue weighted by Gasteiger charge is 2.34. The fourth-order valence-electron chi connectivity index (χ4n) is 2.18. The minimum atomic E-state index is -0.916. The van der Waals surface area contributed by atoms with Crippen molar-refractivity contribution in [3.05, 3.63) is 24.3 Å². The first-order chi connectivity index (χ1) is 9.61. The number of ether oxygens (including phenoxy) is 1. The molecular weight excluding hydrogens is 258 g/mol. The second-order valence-corrected chi connectivity index (χ2v) is 4.94. The molecule has 20 heavy (non-hydrogen) atoms. The van der Waals surface area contributed by atoms with Crippen LogP contribution in [0.25, 0.3) is 0 Å². The molecule has 1 aromatic carbocycles. The molecule has 0 radical (unpaired) electrons. The Labute approximate surface area is 118 Å². The number of aliphatic carboxylic acids is 1. The summed E-state index contributed by atoms with van der Waals surface area (Å²) in [7, 11) is 0. The SMILES string of the molecule is CCCCOc1ccc(N2C[C@@H](C(=O)O)CC2=O)cc1. The molecule has 0 bridgehead atoms. The molecule has 1 fully saturated rings. The standard InChI is InChI=1S/C15H19NO4/c1-2-3-8-20-13-6-4-12(5-7-13)16-10-11(15(18)19)9-14(16)17/h4-7,11H,2-3,8-10H2,1H3,(H,18,19)/t11-/m0/s1. The maximum atomic E-state index is 11.8. The van der Waals surface area contributed by atoms with Crippen LogP contribution in [-0.4, -0.2) is 30.1 Å². The summed E-state index contributed by atoms with van der Waals surface area (Å²) in [5.41, 5.74) is 0.724. The summed E-state index contributed by atoms with van der Waals surface area (Å²) in [4.78, 5) is 24.3. The number of carboxylic acids is 1. The van der Waals surface area contributed by atoms with Gasteiger partial charge in [-0.15, -0.1) is 0 Å². The third kappa shape index (κ3) is 3.29. The first-order valence-electron chi connectivity index (χ1n) is 6.88. The highest BCUT2D eigenvalue weighted by molar-refractivity contribution is 5.99. The summed E-state index contributed by atoms with van der Waals surface area (Å²) in [6, 6.07) is 7.21. The van der Waals surface area contributed by atoms with Crippen LogP contribution in [0.3, 0.4) is 0 Å². The lowest BCUT2D eigenvalue weighted by Gasteiger charge is -2.16. The van der Waals surface area contributed by atoms with E-state index in [4.69, 9.17) is 9.84 Å². The van der Waals surface area contributed by atoms with Crippen molar-refractivity contribution in [3.63, 3.8) is 0 Å². The Morgan fingerprint density at radius 1 is 1.40 bits per heavy atom. The third-order valence-electron chi connectivity index (χ3n) is 3.39. The molecule has 0 aromatic heterocycles. The van der Waals surface area contributed by atoms with Crippen molar-refractivity contribution in [3.8, 4) is 5.75 Å². The van der Waals surface area contributed by atoms with Crippen LogP contribution in [0.15, 0.2) is 24.3 Å². The molecule has 1 aliphatic heterocycles. The van der Waals surface area contributed by atoms with Crippen LogP contribution in [0, 0.1) is 5.92 Å². The zero-order valence-corrected chi connectivity index (χ0v) is 11.5. The van der Waals surface area contributed by atoms with Gasteiger partial charge >= 0.3 is 5.97 Å². The molecule has 2 rings (SSSR count). The van der Waals surface area contributed by atoms with E-state index in [1.165, 1.54) is 4.90 Å². The largest absolute Gasteiger partial charge is 0.494 e. The van der Waals surface area contributed by atoms with E-state index in [-0.39, 0.29) is 18.9 Å². The second kappa shape index (κ2) is 6.41. The highest BCUT2D eigenvalue weighted by Crippen LogP contribution is 2.26. The fourth-order valence-corrected chi connectivity index (χ4v) is 2.18. The number of carbonyl (C=O) groups is 2. The van der Waals surface area contributed by atoms with Crippen molar-refractivity contribution in [1.82, 2.24) is 0 Å². The molecule has 0 spiro atoms. The molecule has 1 saturated heterocycles. The zero-order chi connectivity index (χ0) is 14.5. The molecule has 1 aromatic rings. The molecule has 1 atom stereocenters. The molecule has 1 heterocycles. The van der Waals surface area contributed by atoms with Crippen LogP contribution >= 0.6 is 0 Å². The number of rotatable bonds is 6. The molecule has 1 amide bonds. The van der Waals surface area contributed by atoms with Crippen LogP contribution in [0.1, 0.15) is 26.2 Å². The minimum absolute atomic E-state index is 0.0735. The van der Waals surface area contributed by atoms with E-state index in [9.17, 15) is 9.59 Å². The lowest BCUT2D eigenvalue weighted by Crippen LogP contribution is -2.25. The summed E-state index contributed by atoms with van der Waals surface area (Å²) in [5.74, 6) is -0.899. The molecule has 0 saturated carbocycles. The van der Waals surface area contributed by atoms with Gasteiger partial charge in [-0.2, -0.15) is 0 Å². The molecule has 5 nitrogen and oxygen atoms in total. The Balaban J connectivity index is 1.99. The quantitative estimate of drug-likeness (QED) is 0.810. The van der Waals surface area contributed by atoms with Crippen molar-refractivity contribution in [1.29, 1.82) is 0 Å². The van der Waals surface area contributed by atoms with Gasteiger partial charge in [0, 0.05) is 18.7 Å². The molecular formula is C15H19NO4. The Kier molecular flexibility index (Phi) is 4.61. The number of carboxylic acid groups (broad SMARTS) is 1. The predicted molar refractivity (Wildman–Crippen MR) is 74.9 cm³/mol. The Morgan fingerprint density at radius 2 is 2.10 bits per heavy atom. The first kappa shape index (κ1) is 14.4. The Hall–Kier alpha value is -2.04. The number of amides is 1. The van der Waals surface area contributed by atoms with Crippen LogP contribution in [-0.2, 0) is 9.59 Å². The van der Waals surface area contributed by atoms with Gasteiger partial charge in [0.2, 0.25) is 5.91 Å². The van der Waals surface area contributed by atoms with E-state index in [0.29, 0.717) is 6.61 Å². The molecule has 108 valence electrons. The zero-order valence-electron chi connectivity index (χ0n) is 11.5. The normalized spacial score (nSPS) is 18.4. The van der Waals surface area contributed by atoms with Gasteiger partial charge in [-0.05, 0) is 30.7 Å². The number of unbranched alkanes of at least 4 members (excludes halogenated alkanes) is 1. The fraction of sp³-hybridized carbons (Fsp3) is 0.467. The molecule has 5 heteroatoms. The van der Waals surface area contributed by atoms with Gasteiger partial charge in [0.05, 0.1) is 12.5 Å². The van der Waals surface area contributed by atoms with Gasteiger partial charge < -0.3 is 14.7 Å². The second-order valence-electron chi connectivity index (χ2n) is 4.94. The number of hydrogen-bond donors (Lipinski definition) is 1. The van der Waals surface area contributed by atoms with Crippen molar-refractivity contribution >= 4 is 17.6 Å². The van der Waals surface area contributed by atoms with E-state index in [1.807, 2.05) is 12.1 Å². The molecule has 0 aliphatic carbocycles. The smallest absolute Gasteiger partial charge is 0.308 e. The Bertz CT molecular complexity index is 483. The minimum Gasteiger partial charge on any atom is -0.494 e. The van der Waals surface area contributed by atoms with E-state index in [0.717, 1.165) is 24.3 Å². The lowest BCUT2D eigenvalue weighted by atomic mass is 10.1. The summed E-state index contributed by atoms with van der Waals surface area (Å²) >= 11 is 0. The van der Waals surface area contributed by atoms with Crippen molar-refractivity contribution in [2.45, 2.75) is 26.2 Å². The van der Waals surface area contributed by atoms with E-state index in [2.05, 4.69) is 6.92 Å². The van der Waals surface area contributed by atoms with Crippen LogP contribution in [0.2, 0.25) is 0 Å². The number of hydrogen-bond acceptors (Lipinski definition) is 3. The van der Waals surface area contributed by atoms with Crippen molar-refractivity contribution in [2.75, 3.05) is 18.1 Å². The van der Waals surface area contributed by atoms with Gasteiger partial charge in [-0.1, -0.05) is 13.3 Å². The average Bonchev–Trinajstić information content (AvgIpc) is 2.82. The first-order valence-corrected chi connectivity index (χ1v) is 6.88. The van der Waals surface area contributed by atoms with Crippen LogP contribution < -0.4 is 9.64 Å². The van der Waals surface area contributed by atoms with Crippen LogP contribution in [0.5, 0.6) is 5.75 Å². The number of nitrogens with zero attached hydrogens (tertiary/aromatic N) is 1. The summed E-state index contributed by atoms with van der Waals surface area (Å²) in [5, 5.41) is 8.96. The molecule has 1 aliphatic rings. The molecule has 0 unspecified atom stereocenters. The lowest BCUT2D eigenvalue weighted by molar-refractivity contribution is -0.141. The Morgan fingerprint density at radius 3 is 2.65 bits per heavy atom. The predicted octanol–water partition coefficient (Wildman–Crippen LogP) is 2.30. The average molecular weight is 277 g/mol. The maximum Gasteiger partial charge on any atom is 0.308 e. The van der Waals surface area contributed by atoms with E-state index < -0.39 is 11.9 Å². The highest BCUT2D eigenvalue weighted by atomic mass is 16.5. The summed E-state index contributed by atoms with van der Waals surface area (Å²) in [6.07, 6.45) is 2.16.